The molecule has 164 valence electrons. The highest BCUT2D eigenvalue weighted by Gasteiger charge is 2.50. The van der Waals surface area contributed by atoms with Crippen molar-refractivity contribution in [2.24, 2.45) is 10.9 Å². The van der Waals surface area contributed by atoms with Gasteiger partial charge in [-0.2, -0.15) is 17.5 Å². The molecule has 3 rings (SSSR count). The Balaban J connectivity index is 1.50. The highest BCUT2D eigenvalue weighted by atomic mass is 32.2. The Morgan fingerprint density at radius 2 is 1.90 bits per heavy atom. The minimum atomic E-state index is -5.25. The van der Waals surface area contributed by atoms with Crippen LogP contribution in [0.3, 0.4) is 0 Å². The summed E-state index contributed by atoms with van der Waals surface area (Å²) in [6, 6.07) is 9.75. The molecule has 0 radical (unpaired) electrons. The van der Waals surface area contributed by atoms with E-state index in [9.17, 15) is 21.6 Å². The van der Waals surface area contributed by atoms with Gasteiger partial charge in [-0.15, -0.1) is 0 Å². The summed E-state index contributed by atoms with van der Waals surface area (Å²) in [6.45, 7) is 0.758. The Bertz CT molecular complexity index is 997. The monoisotopic (exact) mass is 443 g/mol. The molecule has 0 amide bonds. The molecule has 0 atom stereocenters. The summed E-state index contributed by atoms with van der Waals surface area (Å²) in [5.41, 5.74) is -3.28. The van der Waals surface area contributed by atoms with Gasteiger partial charge >= 0.3 is 15.5 Å². The fourth-order valence-electron chi connectivity index (χ4n) is 3.45. The molecule has 1 aromatic carbocycles. The Morgan fingerprint density at radius 3 is 2.57 bits per heavy atom. The van der Waals surface area contributed by atoms with E-state index in [1.54, 1.807) is 13.2 Å². The van der Waals surface area contributed by atoms with Crippen LogP contribution in [-0.4, -0.2) is 55.9 Å². The molecule has 1 aliphatic heterocycles. The number of halogens is 3. The molecule has 11 heteroatoms. The average molecular weight is 443 g/mol. The second kappa shape index (κ2) is 9.17. The van der Waals surface area contributed by atoms with E-state index in [2.05, 4.69) is 20.6 Å². The van der Waals surface area contributed by atoms with Gasteiger partial charge in [0.25, 0.3) is 0 Å². The summed E-state index contributed by atoms with van der Waals surface area (Å²) in [6.07, 6.45) is 2.46. The van der Waals surface area contributed by atoms with E-state index >= 15 is 0 Å². The number of rotatable bonds is 5. The second-order valence-electron chi connectivity index (χ2n) is 7.09. The van der Waals surface area contributed by atoms with Gasteiger partial charge in [0.15, 0.2) is 5.96 Å². The number of pyridine rings is 1. The summed E-state index contributed by atoms with van der Waals surface area (Å²) in [7, 11) is -3.61. The van der Waals surface area contributed by atoms with Crippen LogP contribution in [0.1, 0.15) is 18.4 Å². The largest absolute Gasteiger partial charge is 0.511 e. The van der Waals surface area contributed by atoms with E-state index in [1.807, 2.05) is 30.3 Å². The lowest BCUT2D eigenvalue weighted by molar-refractivity contribution is -0.0496. The molecular formula is C19H24F3N5O2S. The number of sulfonamides is 1. The molecule has 7 nitrogen and oxygen atoms in total. The predicted molar refractivity (Wildman–Crippen MR) is 109 cm³/mol. The zero-order valence-electron chi connectivity index (χ0n) is 16.5. The zero-order valence-corrected chi connectivity index (χ0v) is 17.3. The maximum atomic E-state index is 12.7. The number of aliphatic imine (C=N–C) groups is 1. The molecule has 1 fully saturated rings. The van der Waals surface area contributed by atoms with Crippen LogP contribution in [0.4, 0.5) is 13.2 Å². The van der Waals surface area contributed by atoms with Crippen molar-refractivity contribution in [1.82, 2.24) is 19.9 Å². The quantitative estimate of drug-likeness (QED) is 0.548. The molecule has 2 aromatic rings. The first-order valence-corrected chi connectivity index (χ1v) is 11.0. The highest BCUT2D eigenvalue weighted by Crippen LogP contribution is 2.30. The average Bonchev–Trinajstić information content (AvgIpc) is 2.73. The van der Waals surface area contributed by atoms with E-state index < -0.39 is 15.5 Å². The highest BCUT2D eigenvalue weighted by molar-refractivity contribution is 7.90. The Kier molecular flexibility index (Phi) is 6.81. The fraction of sp³-hybridized carbons (Fsp3) is 0.474. The van der Waals surface area contributed by atoms with Crippen LogP contribution < -0.4 is 10.6 Å². The third-order valence-electron chi connectivity index (χ3n) is 5.17. The van der Waals surface area contributed by atoms with E-state index in [0.717, 1.165) is 16.5 Å². The summed E-state index contributed by atoms with van der Waals surface area (Å²) in [4.78, 5) is 8.51. The number of guanidine groups is 1. The van der Waals surface area contributed by atoms with Crippen LogP contribution in [0.2, 0.25) is 0 Å². The van der Waals surface area contributed by atoms with Crippen molar-refractivity contribution >= 4 is 26.9 Å². The van der Waals surface area contributed by atoms with Crippen LogP contribution in [0.5, 0.6) is 0 Å². The summed E-state index contributed by atoms with van der Waals surface area (Å²) >= 11 is 0. The molecule has 1 aliphatic rings. The zero-order chi connectivity index (χ0) is 21.8. The molecule has 1 saturated heterocycles. The van der Waals surface area contributed by atoms with Crippen molar-refractivity contribution < 1.29 is 21.6 Å². The van der Waals surface area contributed by atoms with Crippen molar-refractivity contribution in [2.75, 3.05) is 26.7 Å². The van der Waals surface area contributed by atoms with Crippen molar-refractivity contribution in [3.05, 3.63) is 42.1 Å². The van der Waals surface area contributed by atoms with Gasteiger partial charge in [-0.3, -0.25) is 9.98 Å². The first-order chi connectivity index (χ1) is 14.2. The lowest BCUT2D eigenvalue weighted by Crippen LogP contribution is -2.47. The van der Waals surface area contributed by atoms with Crippen LogP contribution in [0.15, 0.2) is 41.5 Å². The van der Waals surface area contributed by atoms with Gasteiger partial charge in [0.2, 0.25) is 0 Å². The number of hydrogen-bond donors (Lipinski definition) is 2. The topological polar surface area (TPSA) is 86.7 Å². The maximum Gasteiger partial charge on any atom is 0.511 e. The summed E-state index contributed by atoms with van der Waals surface area (Å²) in [5.74, 6) is 0.631. The standard InChI is InChI=1S/C19H24F3N5O2S/c1-23-18(26-13-15-6-9-24-17-5-3-2-4-16(15)17)25-12-14-7-10-27(11-8-14)30(28,29)19(20,21)22/h2-6,9,14H,7-8,10-13H2,1H3,(H2,23,25,26). The predicted octanol–water partition coefficient (Wildman–Crippen LogP) is 2.46. The lowest BCUT2D eigenvalue weighted by Gasteiger charge is -2.31. The number of para-hydroxylation sites is 1. The fourth-order valence-corrected chi connectivity index (χ4v) is 4.43. The molecule has 30 heavy (non-hydrogen) atoms. The van der Waals surface area contributed by atoms with E-state index in [0.29, 0.717) is 36.2 Å². The molecule has 0 aliphatic carbocycles. The number of nitrogens with zero attached hydrogens (tertiary/aromatic N) is 3. The minimum absolute atomic E-state index is 0.0602. The number of aromatic nitrogens is 1. The van der Waals surface area contributed by atoms with Crippen molar-refractivity contribution in [1.29, 1.82) is 0 Å². The first-order valence-electron chi connectivity index (χ1n) is 9.56. The van der Waals surface area contributed by atoms with Gasteiger partial charge < -0.3 is 10.6 Å². The third kappa shape index (κ3) is 5.01. The Morgan fingerprint density at radius 1 is 1.20 bits per heavy atom. The third-order valence-corrected chi connectivity index (χ3v) is 6.80. The lowest BCUT2D eigenvalue weighted by atomic mass is 9.98. The van der Waals surface area contributed by atoms with E-state index in [4.69, 9.17) is 0 Å². The SMILES string of the molecule is CN=C(NCc1ccnc2ccccc12)NCC1CCN(S(=O)(=O)C(F)(F)F)CC1. The van der Waals surface area contributed by atoms with Crippen molar-refractivity contribution in [3.8, 4) is 0 Å². The molecular weight excluding hydrogens is 419 g/mol. The molecule has 0 spiro atoms. The van der Waals surface area contributed by atoms with E-state index in [-0.39, 0.29) is 19.0 Å². The summed E-state index contributed by atoms with van der Waals surface area (Å²) < 4.78 is 61.5. The van der Waals surface area contributed by atoms with Gasteiger partial charge in [-0.05, 0) is 36.5 Å². The maximum absolute atomic E-state index is 12.7. The molecule has 0 bridgehead atoms. The van der Waals surface area contributed by atoms with Crippen molar-refractivity contribution in [3.63, 3.8) is 0 Å². The van der Waals surface area contributed by atoms with Gasteiger partial charge in [-0.1, -0.05) is 18.2 Å². The smallest absolute Gasteiger partial charge is 0.356 e. The number of nitrogens with one attached hydrogen (secondary N) is 2. The molecule has 2 heterocycles. The van der Waals surface area contributed by atoms with Gasteiger partial charge in [0, 0.05) is 44.8 Å². The van der Waals surface area contributed by atoms with Crippen LogP contribution in [-0.2, 0) is 16.6 Å². The van der Waals surface area contributed by atoms with Crippen molar-refractivity contribution in [2.45, 2.75) is 24.9 Å². The van der Waals surface area contributed by atoms with Crippen LogP contribution >= 0.6 is 0 Å². The normalized spacial score (nSPS) is 17.3. The minimum Gasteiger partial charge on any atom is -0.356 e. The summed E-state index contributed by atoms with van der Waals surface area (Å²) in [5, 5.41) is 7.44. The number of piperidine rings is 1. The van der Waals surface area contributed by atoms with Gasteiger partial charge in [0.05, 0.1) is 5.52 Å². The number of fused-ring (bicyclic) bond motifs is 1. The number of alkyl halides is 3. The van der Waals surface area contributed by atoms with Crippen LogP contribution in [0, 0.1) is 5.92 Å². The first kappa shape index (κ1) is 22.3. The van der Waals surface area contributed by atoms with Gasteiger partial charge in [0.1, 0.15) is 0 Å². The molecule has 1 aromatic heterocycles. The Hall–Kier alpha value is -2.40. The van der Waals surface area contributed by atoms with E-state index in [1.165, 1.54) is 0 Å². The molecule has 2 N–H and O–H groups in total. The Labute approximate surface area is 173 Å². The molecule has 0 unspecified atom stereocenters. The second-order valence-corrected chi connectivity index (χ2v) is 9.02. The number of benzene rings is 1. The number of hydrogen-bond acceptors (Lipinski definition) is 4. The van der Waals surface area contributed by atoms with Crippen LogP contribution in [0.25, 0.3) is 10.9 Å². The molecule has 0 saturated carbocycles. The van der Waals surface area contributed by atoms with Gasteiger partial charge in [-0.25, -0.2) is 8.42 Å².